The minimum absolute atomic E-state index is 0.0564. The van der Waals surface area contributed by atoms with Gasteiger partial charge in [0, 0.05) is 61.7 Å². The highest BCUT2D eigenvalue weighted by Gasteiger charge is 2.29. The molecule has 39 heavy (non-hydrogen) atoms. The van der Waals surface area contributed by atoms with Crippen LogP contribution in [-0.4, -0.2) is 68.4 Å². The number of halogens is 1. The first kappa shape index (κ1) is 26.9. The van der Waals surface area contributed by atoms with Crippen molar-refractivity contribution in [3.8, 4) is 0 Å². The third kappa shape index (κ3) is 5.99. The van der Waals surface area contributed by atoms with E-state index in [1.54, 1.807) is 24.1 Å². The highest BCUT2D eigenvalue weighted by Crippen LogP contribution is 2.39. The fraction of sp³-hybridized carbons (Fsp3) is 0.267. The molecule has 1 saturated heterocycles. The second kappa shape index (κ2) is 11.6. The molecular weight excluding hydrogens is 512 g/mol. The summed E-state index contributed by atoms with van der Waals surface area (Å²) in [5, 5.41) is 6.95. The van der Waals surface area contributed by atoms with Crippen molar-refractivity contribution in [2.24, 2.45) is 5.73 Å². The van der Waals surface area contributed by atoms with E-state index >= 15 is 0 Å². The van der Waals surface area contributed by atoms with Gasteiger partial charge in [-0.15, -0.1) is 0 Å². The van der Waals surface area contributed by atoms with E-state index in [1.165, 1.54) is 0 Å². The zero-order valence-electron chi connectivity index (χ0n) is 22.2. The van der Waals surface area contributed by atoms with E-state index in [0.29, 0.717) is 35.1 Å². The van der Waals surface area contributed by atoms with Crippen LogP contribution in [0, 0.1) is 0 Å². The van der Waals surface area contributed by atoms with Gasteiger partial charge in [-0.1, -0.05) is 41.9 Å². The summed E-state index contributed by atoms with van der Waals surface area (Å²) >= 11 is 6.17. The molecule has 5 rings (SSSR count). The average Bonchev–Trinajstić information content (AvgIpc) is 3.27. The van der Waals surface area contributed by atoms with Crippen molar-refractivity contribution in [1.29, 1.82) is 0 Å². The van der Waals surface area contributed by atoms with Gasteiger partial charge in [-0.25, -0.2) is 0 Å². The van der Waals surface area contributed by atoms with Gasteiger partial charge in [0.2, 0.25) is 5.91 Å². The Morgan fingerprint density at radius 3 is 2.38 bits per heavy atom. The number of nitrogens with zero attached hydrogens (tertiary/aromatic N) is 3. The number of nitrogens with one attached hydrogen (secondary N) is 2. The number of anilines is 3. The Balaban J connectivity index is 1.40. The van der Waals surface area contributed by atoms with Crippen molar-refractivity contribution < 1.29 is 9.59 Å². The predicted molar refractivity (Wildman–Crippen MR) is 159 cm³/mol. The number of benzene rings is 3. The Labute approximate surface area is 234 Å². The summed E-state index contributed by atoms with van der Waals surface area (Å²) in [6.45, 7) is 4.57. The van der Waals surface area contributed by atoms with Gasteiger partial charge < -0.3 is 26.2 Å². The third-order valence-electron chi connectivity index (χ3n) is 7.31. The van der Waals surface area contributed by atoms with Gasteiger partial charge in [0.1, 0.15) is 0 Å². The van der Waals surface area contributed by atoms with E-state index < -0.39 is 0 Å². The zero-order valence-corrected chi connectivity index (χ0v) is 23.0. The number of rotatable bonds is 7. The molecule has 202 valence electrons. The molecule has 0 atom stereocenters. The molecule has 0 radical (unpaired) electrons. The second-order valence-corrected chi connectivity index (χ2v) is 10.4. The number of likely N-dealkylation sites (N-methyl/N-ethyl adjacent to an activating group) is 2. The van der Waals surface area contributed by atoms with E-state index in [2.05, 4.69) is 27.5 Å². The van der Waals surface area contributed by atoms with Crippen LogP contribution < -0.4 is 21.3 Å². The number of nitrogens with two attached hydrogens (primary N) is 1. The lowest BCUT2D eigenvalue weighted by molar-refractivity contribution is -0.119. The molecule has 8 nitrogen and oxygen atoms in total. The topological polar surface area (TPSA) is 93.9 Å². The molecule has 0 saturated carbocycles. The first-order valence-electron chi connectivity index (χ1n) is 13.0. The van der Waals surface area contributed by atoms with Crippen LogP contribution in [0.2, 0.25) is 5.02 Å². The Morgan fingerprint density at radius 1 is 1.03 bits per heavy atom. The smallest absolute Gasteiger partial charge is 0.258 e. The van der Waals surface area contributed by atoms with Gasteiger partial charge in [-0.05, 0) is 54.6 Å². The van der Waals surface area contributed by atoms with Crippen LogP contribution in [0.4, 0.5) is 17.1 Å². The molecule has 0 aromatic heterocycles. The van der Waals surface area contributed by atoms with Gasteiger partial charge in [0.05, 0.1) is 23.5 Å². The van der Waals surface area contributed by atoms with Crippen molar-refractivity contribution in [2.45, 2.75) is 6.54 Å². The molecule has 0 unspecified atom stereocenters. The van der Waals surface area contributed by atoms with Crippen LogP contribution in [0.15, 0.2) is 66.7 Å². The Hall–Kier alpha value is -3.69. The van der Waals surface area contributed by atoms with Crippen LogP contribution in [0.25, 0.3) is 11.3 Å². The van der Waals surface area contributed by atoms with Crippen molar-refractivity contribution >= 4 is 51.7 Å². The number of carbonyl (C=O) groups is 2. The van der Waals surface area contributed by atoms with Crippen LogP contribution in [0.5, 0.6) is 0 Å². The van der Waals surface area contributed by atoms with Gasteiger partial charge in [0.25, 0.3) is 5.91 Å². The molecule has 2 heterocycles. The fourth-order valence-electron chi connectivity index (χ4n) is 4.84. The summed E-state index contributed by atoms with van der Waals surface area (Å²) in [5.41, 5.74) is 11.9. The van der Waals surface area contributed by atoms with E-state index in [-0.39, 0.29) is 11.8 Å². The number of hydrogen-bond acceptors (Lipinski definition) is 6. The molecular formula is C30H33ClN6O2. The highest BCUT2D eigenvalue weighted by molar-refractivity contribution is 6.38. The predicted octanol–water partition coefficient (Wildman–Crippen LogP) is 3.94. The SMILES string of the molecule is CN1CCN(CC(=O)N(C)c2ccc(N/C(=C3\C(=O)Nc4cc(Cl)ccc43)c3ccc(CN)cc3)cc2)CC1. The maximum absolute atomic E-state index is 13.1. The first-order chi connectivity index (χ1) is 18.8. The maximum Gasteiger partial charge on any atom is 0.258 e. The Bertz CT molecular complexity index is 1400. The summed E-state index contributed by atoms with van der Waals surface area (Å²) in [6.07, 6.45) is 0. The third-order valence-corrected chi connectivity index (χ3v) is 7.54. The first-order valence-corrected chi connectivity index (χ1v) is 13.4. The summed E-state index contributed by atoms with van der Waals surface area (Å²) in [7, 11) is 3.91. The average molecular weight is 545 g/mol. The van der Waals surface area contributed by atoms with Gasteiger partial charge >= 0.3 is 0 Å². The maximum atomic E-state index is 13.1. The van der Waals surface area contributed by atoms with Crippen LogP contribution >= 0.6 is 11.6 Å². The minimum Gasteiger partial charge on any atom is -0.354 e. The van der Waals surface area contributed by atoms with E-state index in [0.717, 1.165) is 54.2 Å². The summed E-state index contributed by atoms with van der Waals surface area (Å²) in [5.74, 6) is -0.149. The number of carbonyl (C=O) groups excluding carboxylic acids is 2. The summed E-state index contributed by atoms with van der Waals surface area (Å²) in [4.78, 5) is 32.2. The van der Waals surface area contributed by atoms with Crippen molar-refractivity contribution in [2.75, 3.05) is 62.4 Å². The van der Waals surface area contributed by atoms with Crippen LogP contribution in [0.3, 0.4) is 0 Å². The number of hydrogen-bond donors (Lipinski definition) is 3. The largest absolute Gasteiger partial charge is 0.354 e. The molecule has 4 N–H and O–H groups in total. The van der Waals surface area contributed by atoms with E-state index in [1.807, 2.05) is 54.6 Å². The molecule has 0 bridgehead atoms. The quantitative estimate of drug-likeness (QED) is 0.390. The standard InChI is InChI=1S/C30H33ClN6O2/c1-35-13-15-37(16-14-35)19-27(38)36(2)24-10-8-23(9-11-24)33-29(21-5-3-20(18-32)4-6-21)28-25-12-7-22(31)17-26(25)34-30(28)39/h3-12,17,33H,13-16,18-19,32H2,1-2H3,(H,34,39)/b29-28-. The minimum atomic E-state index is -0.205. The zero-order chi connectivity index (χ0) is 27.5. The second-order valence-electron chi connectivity index (χ2n) is 10.00. The lowest BCUT2D eigenvalue weighted by Gasteiger charge is -2.32. The molecule has 0 spiro atoms. The van der Waals surface area contributed by atoms with Gasteiger partial charge in [-0.2, -0.15) is 0 Å². The normalized spacial score (nSPS) is 17.0. The van der Waals surface area contributed by atoms with Crippen molar-refractivity contribution in [3.05, 3.63) is 88.4 Å². The Morgan fingerprint density at radius 2 is 1.72 bits per heavy atom. The molecule has 3 aromatic carbocycles. The molecule has 2 amide bonds. The van der Waals surface area contributed by atoms with Crippen LogP contribution in [-0.2, 0) is 16.1 Å². The molecule has 1 fully saturated rings. The number of amides is 2. The van der Waals surface area contributed by atoms with E-state index in [4.69, 9.17) is 17.3 Å². The summed E-state index contributed by atoms with van der Waals surface area (Å²) in [6, 6.07) is 20.9. The number of fused-ring (bicyclic) bond motifs is 1. The molecule has 2 aliphatic heterocycles. The molecule has 2 aliphatic rings. The van der Waals surface area contributed by atoms with Gasteiger partial charge in [-0.3, -0.25) is 14.5 Å². The van der Waals surface area contributed by atoms with Gasteiger partial charge in [0.15, 0.2) is 0 Å². The monoisotopic (exact) mass is 544 g/mol. The molecule has 9 heteroatoms. The Kier molecular flexibility index (Phi) is 7.99. The lowest BCUT2D eigenvalue weighted by Crippen LogP contribution is -2.48. The van der Waals surface area contributed by atoms with E-state index in [9.17, 15) is 9.59 Å². The van der Waals surface area contributed by atoms with Crippen LogP contribution in [0.1, 0.15) is 16.7 Å². The number of piperazine rings is 1. The molecule has 0 aliphatic carbocycles. The lowest BCUT2D eigenvalue weighted by atomic mass is 9.99. The van der Waals surface area contributed by atoms with Crippen molar-refractivity contribution in [3.63, 3.8) is 0 Å². The fourth-order valence-corrected chi connectivity index (χ4v) is 5.01. The molecule has 3 aromatic rings. The summed E-state index contributed by atoms with van der Waals surface area (Å²) < 4.78 is 0. The highest BCUT2D eigenvalue weighted by atomic mass is 35.5. The van der Waals surface area contributed by atoms with Crippen molar-refractivity contribution in [1.82, 2.24) is 9.80 Å².